The Morgan fingerprint density at radius 2 is 1.75 bits per heavy atom. The first kappa shape index (κ1) is 16.8. The summed E-state index contributed by atoms with van der Waals surface area (Å²) in [7, 11) is 0. The maximum atomic E-state index is 12.5. The maximum absolute atomic E-state index is 12.5. The molecule has 1 unspecified atom stereocenters. The molecule has 1 saturated carbocycles. The minimum absolute atomic E-state index is 0.151. The van der Waals surface area contributed by atoms with Crippen LogP contribution in [0.2, 0.25) is 0 Å². The first-order valence-corrected chi connectivity index (χ1v) is 8.06. The Hall–Kier alpha value is -2.01. The highest BCUT2D eigenvalue weighted by Crippen LogP contribution is 2.32. The van der Waals surface area contributed by atoms with Crippen molar-refractivity contribution in [2.24, 2.45) is 5.92 Å². The number of hydrogen-bond donors (Lipinski definition) is 1. The molecule has 2 aromatic rings. The van der Waals surface area contributed by atoms with Crippen molar-refractivity contribution in [2.75, 3.05) is 6.54 Å². The van der Waals surface area contributed by atoms with E-state index in [0.29, 0.717) is 5.92 Å². The number of benzene rings is 2. The smallest absolute Gasteiger partial charge is 0.406 e. The van der Waals surface area contributed by atoms with E-state index in [4.69, 9.17) is 0 Å². The molecule has 24 heavy (non-hydrogen) atoms. The molecule has 2 aromatic carbocycles. The van der Waals surface area contributed by atoms with Crippen LogP contribution in [0.4, 0.5) is 13.2 Å². The zero-order valence-electron chi connectivity index (χ0n) is 13.4. The summed E-state index contributed by atoms with van der Waals surface area (Å²) in [6.45, 7) is 2.87. The normalized spacial score (nSPS) is 16.0. The monoisotopic (exact) mass is 335 g/mol. The van der Waals surface area contributed by atoms with Crippen LogP contribution in [-0.4, -0.2) is 12.9 Å². The van der Waals surface area contributed by atoms with Gasteiger partial charge >= 0.3 is 6.36 Å². The molecule has 5 heteroatoms. The Morgan fingerprint density at radius 1 is 1.08 bits per heavy atom. The van der Waals surface area contributed by atoms with Crippen molar-refractivity contribution in [1.29, 1.82) is 0 Å². The fourth-order valence-electron chi connectivity index (χ4n) is 2.78. The van der Waals surface area contributed by atoms with E-state index in [9.17, 15) is 13.2 Å². The summed E-state index contributed by atoms with van der Waals surface area (Å²) in [5, 5.41) is 3.49. The molecule has 1 aliphatic rings. The van der Waals surface area contributed by atoms with Gasteiger partial charge in [0.2, 0.25) is 0 Å². The lowest BCUT2D eigenvalue weighted by Crippen LogP contribution is -2.25. The standard InChI is InChI=1S/C19H20F3NO/c1-13-4-2-5-15(10-13)18(23-12-14-8-9-14)16-6-3-7-17(11-16)24-19(20,21)22/h2-7,10-11,14,18,23H,8-9,12H2,1H3. The van der Waals surface area contributed by atoms with Gasteiger partial charge in [0.05, 0.1) is 6.04 Å². The molecule has 1 atom stereocenters. The van der Waals surface area contributed by atoms with Gasteiger partial charge in [0, 0.05) is 0 Å². The SMILES string of the molecule is Cc1cccc(C(NCC2CC2)c2cccc(OC(F)(F)F)c2)c1. The second kappa shape index (κ2) is 6.85. The molecule has 0 saturated heterocycles. The van der Waals surface area contributed by atoms with E-state index in [-0.39, 0.29) is 11.8 Å². The van der Waals surface area contributed by atoms with Crippen LogP contribution in [0.25, 0.3) is 0 Å². The topological polar surface area (TPSA) is 21.3 Å². The summed E-state index contributed by atoms with van der Waals surface area (Å²) in [6.07, 6.45) is -2.26. The highest BCUT2D eigenvalue weighted by atomic mass is 19.4. The van der Waals surface area contributed by atoms with E-state index in [1.54, 1.807) is 6.07 Å². The molecule has 0 aliphatic heterocycles. The second-order valence-electron chi connectivity index (χ2n) is 6.32. The summed E-state index contributed by atoms with van der Waals surface area (Å²) >= 11 is 0. The van der Waals surface area contributed by atoms with Crippen molar-refractivity contribution in [3.8, 4) is 5.75 Å². The van der Waals surface area contributed by atoms with Crippen molar-refractivity contribution in [3.05, 3.63) is 65.2 Å². The van der Waals surface area contributed by atoms with Gasteiger partial charge in [-0.25, -0.2) is 0 Å². The third kappa shape index (κ3) is 4.74. The average Bonchev–Trinajstić information content (AvgIpc) is 3.30. The third-order valence-electron chi connectivity index (χ3n) is 4.11. The molecule has 1 fully saturated rings. The van der Waals surface area contributed by atoms with E-state index in [2.05, 4.69) is 16.1 Å². The number of aryl methyl sites for hydroxylation is 1. The van der Waals surface area contributed by atoms with Gasteiger partial charge in [-0.3, -0.25) is 0 Å². The van der Waals surface area contributed by atoms with Crippen molar-refractivity contribution < 1.29 is 17.9 Å². The minimum Gasteiger partial charge on any atom is -0.406 e. The molecule has 0 bridgehead atoms. The largest absolute Gasteiger partial charge is 0.573 e. The molecule has 2 nitrogen and oxygen atoms in total. The van der Waals surface area contributed by atoms with Crippen LogP contribution in [0, 0.1) is 12.8 Å². The number of hydrogen-bond acceptors (Lipinski definition) is 2. The second-order valence-corrected chi connectivity index (χ2v) is 6.32. The Balaban J connectivity index is 1.87. The fourth-order valence-corrected chi connectivity index (χ4v) is 2.78. The van der Waals surface area contributed by atoms with Crippen LogP contribution < -0.4 is 10.1 Å². The average molecular weight is 335 g/mol. The summed E-state index contributed by atoms with van der Waals surface area (Å²) in [5.41, 5.74) is 2.93. The number of alkyl halides is 3. The van der Waals surface area contributed by atoms with Crippen molar-refractivity contribution in [2.45, 2.75) is 32.2 Å². The number of nitrogens with one attached hydrogen (secondary N) is 1. The number of halogens is 3. The predicted octanol–water partition coefficient (Wildman–Crippen LogP) is 4.98. The van der Waals surface area contributed by atoms with Gasteiger partial charge in [0.1, 0.15) is 5.75 Å². The Morgan fingerprint density at radius 3 is 2.38 bits per heavy atom. The lowest BCUT2D eigenvalue weighted by Gasteiger charge is -2.21. The van der Waals surface area contributed by atoms with E-state index in [0.717, 1.165) is 23.2 Å². The maximum Gasteiger partial charge on any atom is 0.573 e. The van der Waals surface area contributed by atoms with Crippen LogP contribution >= 0.6 is 0 Å². The molecule has 128 valence electrons. The number of rotatable bonds is 6. The quantitative estimate of drug-likeness (QED) is 0.804. The van der Waals surface area contributed by atoms with E-state index < -0.39 is 6.36 Å². The summed E-state index contributed by atoms with van der Waals surface area (Å²) in [4.78, 5) is 0. The molecule has 0 radical (unpaired) electrons. The molecule has 3 rings (SSSR count). The van der Waals surface area contributed by atoms with Crippen LogP contribution in [0.15, 0.2) is 48.5 Å². The number of ether oxygens (including phenoxy) is 1. The molecule has 1 N–H and O–H groups in total. The van der Waals surface area contributed by atoms with Gasteiger partial charge in [0.25, 0.3) is 0 Å². The first-order valence-electron chi connectivity index (χ1n) is 8.06. The van der Waals surface area contributed by atoms with Crippen molar-refractivity contribution in [3.63, 3.8) is 0 Å². The van der Waals surface area contributed by atoms with Gasteiger partial charge in [-0.15, -0.1) is 13.2 Å². The summed E-state index contributed by atoms with van der Waals surface area (Å²) < 4.78 is 41.5. The highest BCUT2D eigenvalue weighted by molar-refractivity contribution is 5.38. The van der Waals surface area contributed by atoms with Crippen molar-refractivity contribution in [1.82, 2.24) is 5.32 Å². The van der Waals surface area contributed by atoms with E-state index in [1.165, 1.54) is 25.0 Å². The van der Waals surface area contributed by atoms with Gasteiger partial charge in [-0.05, 0) is 55.5 Å². The van der Waals surface area contributed by atoms with Gasteiger partial charge in [-0.1, -0.05) is 42.0 Å². The lowest BCUT2D eigenvalue weighted by atomic mass is 9.97. The van der Waals surface area contributed by atoms with Crippen LogP contribution in [-0.2, 0) is 0 Å². The van der Waals surface area contributed by atoms with Crippen LogP contribution in [0.5, 0.6) is 5.75 Å². The Labute approximate surface area is 139 Å². The zero-order chi connectivity index (χ0) is 17.2. The molecule has 0 aromatic heterocycles. The van der Waals surface area contributed by atoms with Gasteiger partial charge in [-0.2, -0.15) is 0 Å². The first-order chi connectivity index (χ1) is 11.4. The van der Waals surface area contributed by atoms with Crippen molar-refractivity contribution >= 4 is 0 Å². The van der Waals surface area contributed by atoms with Crippen LogP contribution in [0.3, 0.4) is 0 Å². The van der Waals surface area contributed by atoms with E-state index in [1.807, 2.05) is 31.2 Å². The molecular weight excluding hydrogens is 315 g/mol. The van der Waals surface area contributed by atoms with Gasteiger partial charge < -0.3 is 10.1 Å². The lowest BCUT2D eigenvalue weighted by molar-refractivity contribution is -0.274. The van der Waals surface area contributed by atoms with Gasteiger partial charge in [0.15, 0.2) is 0 Å². The Bertz CT molecular complexity index is 695. The van der Waals surface area contributed by atoms with Crippen LogP contribution in [0.1, 0.15) is 35.6 Å². The highest BCUT2D eigenvalue weighted by Gasteiger charge is 2.31. The Kier molecular flexibility index (Phi) is 4.81. The summed E-state index contributed by atoms with van der Waals surface area (Å²) in [5.74, 6) is 0.484. The fraction of sp³-hybridized carbons (Fsp3) is 0.368. The minimum atomic E-state index is -4.68. The zero-order valence-corrected chi connectivity index (χ0v) is 13.4. The molecule has 0 spiro atoms. The third-order valence-corrected chi connectivity index (χ3v) is 4.11. The van der Waals surface area contributed by atoms with E-state index >= 15 is 0 Å². The molecule has 0 heterocycles. The molecular formula is C19H20F3NO. The summed E-state index contributed by atoms with van der Waals surface area (Å²) in [6, 6.07) is 14.1. The molecule has 1 aliphatic carbocycles. The predicted molar refractivity (Wildman–Crippen MR) is 86.9 cm³/mol. The molecule has 0 amide bonds.